The number of anilines is 2. The van der Waals surface area contributed by atoms with Gasteiger partial charge in [0.15, 0.2) is 0 Å². The lowest BCUT2D eigenvalue weighted by atomic mass is 10.1. The first kappa shape index (κ1) is 24.4. The minimum Gasteiger partial charge on any atom is -0.450 e. The number of aryl methyl sites for hydroxylation is 4. The van der Waals surface area contributed by atoms with Gasteiger partial charge in [-0.3, -0.25) is 5.32 Å². The van der Waals surface area contributed by atoms with E-state index >= 15 is 0 Å². The van der Waals surface area contributed by atoms with E-state index in [0.29, 0.717) is 49.8 Å². The Morgan fingerprint density at radius 1 is 1.00 bits per heavy atom. The Balaban J connectivity index is 1.79. The van der Waals surface area contributed by atoms with Crippen LogP contribution < -0.4 is 10.6 Å². The second-order valence-corrected chi connectivity index (χ2v) is 8.32. The molecule has 2 aromatic rings. The first-order chi connectivity index (χ1) is 15.7. The molecule has 0 unspecified atom stereocenters. The van der Waals surface area contributed by atoms with Crippen molar-refractivity contribution in [2.45, 2.75) is 34.6 Å². The molecule has 176 valence electrons. The van der Waals surface area contributed by atoms with Gasteiger partial charge in [-0.2, -0.15) is 4.99 Å². The van der Waals surface area contributed by atoms with Crippen LogP contribution in [0.3, 0.4) is 0 Å². The molecule has 10 heteroatoms. The molecule has 1 saturated heterocycles. The number of guanidine groups is 1. The summed E-state index contributed by atoms with van der Waals surface area (Å²) in [5.74, 6) is 0.984. The maximum absolute atomic E-state index is 12.1. The molecule has 1 aliphatic rings. The molecule has 2 heterocycles. The number of carbonyl (C=O) groups is 1. The summed E-state index contributed by atoms with van der Waals surface area (Å²) in [6.07, 6.45) is -0.298. The number of nitrogens with one attached hydrogen (secondary N) is 2. The normalized spacial score (nSPS) is 14.2. The predicted octanol–water partition coefficient (Wildman–Crippen LogP) is 3.65. The van der Waals surface area contributed by atoms with Gasteiger partial charge < -0.3 is 19.9 Å². The minimum absolute atomic E-state index is 0.298. The maximum Gasteiger partial charge on any atom is 0.409 e. The zero-order valence-electron chi connectivity index (χ0n) is 19.8. The van der Waals surface area contributed by atoms with Crippen LogP contribution in [0.2, 0.25) is 0 Å². The Bertz CT molecular complexity index is 1030. The summed E-state index contributed by atoms with van der Waals surface area (Å²) in [6, 6.07) is 7.96. The third-order valence-corrected chi connectivity index (χ3v) is 5.47. The van der Waals surface area contributed by atoms with E-state index in [9.17, 15) is 4.79 Å². The monoisotopic (exact) mass is 469 g/mol. The maximum atomic E-state index is 12.1. The van der Waals surface area contributed by atoms with Crippen molar-refractivity contribution in [1.29, 1.82) is 0 Å². The van der Waals surface area contributed by atoms with Crippen molar-refractivity contribution in [2.24, 2.45) is 4.99 Å². The van der Waals surface area contributed by atoms with Crippen molar-refractivity contribution in [3.05, 3.63) is 46.8 Å². The fraction of sp³-hybridized carbons (Fsp3) is 0.435. The predicted molar refractivity (Wildman–Crippen MR) is 135 cm³/mol. The van der Waals surface area contributed by atoms with E-state index in [2.05, 4.69) is 39.4 Å². The fourth-order valence-electron chi connectivity index (χ4n) is 3.44. The molecule has 2 N–H and O–H groups in total. The second-order valence-electron chi connectivity index (χ2n) is 7.94. The van der Waals surface area contributed by atoms with Gasteiger partial charge in [-0.05, 0) is 76.2 Å². The summed E-state index contributed by atoms with van der Waals surface area (Å²) in [6.45, 7) is 12.3. The number of rotatable bonds is 3. The van der Waals surface area contributed by atoms with Crippen molar-refractivity contribution < 1.29 is 9.53 Å². The number of nitrogens with zero attached hydrogens (tertiary/aromatic N) is 5. The van der Waals surface area contributed by atoms with Crippen molar-refractivity contribution in [3.8, 4) is 0 Å². The summed E-state index contributed by atoms with van der Waals surface area (Å²) in [4.78, 5) is 29.4. The highest BCUT2D eigenvalue weighted by Crippen LogP contribution is 2.15. The van der Waals surface area contributed by atoms with Crippen LogP contribution in [0.25, 0.3) is 0 Å². The number of amides is 1. The zero-order valence-corrected chi connectivity index (χ0v) is 20.6. The van der Waals surface area contributed by atoms with Crippen LogP contribution in [0.4, 0.5) is 16.4 Å². The van der Waals surface area contributed by atoms with Gasteiger partial charge in [-0.25, -0.2) is 14.8 Å². The number of ether oxygens (including phenoxy) is 1. The number of benzene rings is 1. The molecule has 0 aliphatic carbocycles. The molecule has 0 bridgehead atoms. The van der Waals surface area contributed by atoms with Gasteiger partial charge in [0, 0.05) is 43.3 Å². The molecule has 0 saturated carbocycles. The van der Waals surface area contributed by atoms with Crippen LogP contribution in [0.5, 0.6) is 0 Å². The van der Waals surface area contributed by atoms with Crippen LogP contribution in [0.1, 0.15) is 29.4 Å². The fourth-order valence-corrected chi connectivity index (χ4v) is 3.65. The molecule has 0 spiro atoms. The smallest absolute Gasteiger partial charge is 0.409 e. The summed E-state index contributed by atoms with van der Waals surface area (Å²) in [7, 11) is 0. The van der Waals surface area contributed by atoms with Crippen LogP contribution in [0, 0.1) is 27.7 Å². The zero-order chi connectivity index (χ0) is 24.0. The molecule has 1 fully saturated rings. The third-order valence-electron chi connectivity index (χ3n) is 5.28. The quantitative estimate of drug-likeness (QED) is 0.400. The number of thiocarbonyl (C=S) groups is 1. The lowest BCUT2D eigenvalue weighted by molar-refractivity contribution is 0.0920. The van der Waals surface area contributed by atoms with Gasteiger partial charge in [0.25, 0.3) is 0 Å². The number of hydrogen-bond donors (Lipinski definition) is 2. The average Bonchev–Trinajstić information content (AvgIpc) is 2.75. The molecule has 1 aromatic carbocycles. The van der Waals surface area contributed by atoms with E-state index in [1.54, 1.807) is 11.8 Å². The average molecular weight is 470 g/mol. The van der Waals surface area contributed by atoms with Gasteiger partial charge in [0.05, 0.1) is 6.61 Å². The molecule has 33 heavy (non-hydrogen) atoms. The van der Waals surface area contributed by atoms with E-state index in [-0.39, 0.29) is 6.09 Å². The molecular formula is C23H31N7O2S. The topological polar surface area (TPSA) is 95.0 Å². The minimum atomic E-state index is -0.298. The van der Waals surface area contributed by atoms with Crippen LogP contribution in [-0.4, -0.2) is 69.7 Å². The number of carbonyl (C=O) groups excluding carboxylic acids is 1. The van der Waals surface area contributed by atoms with Gasteiger partial charge in [0.2, 0.25) is 17.0 Å². The third kappa shape index (κ3) is 6.85. The summed E-state index contributed by atoms with van der Waals surface area (Å²) >= 11 is 5.53. The number of aromatic nitrogens is 2. The summed E-state index contributed by atoms with van der Waals surface area (Å²) < 4.78 is 5.12. The molecule has 0 atom stereocenters. The number of piperazine rings is 1. The van der Waals surface area contributed by atoms with Gasteiger partial charge in [-0.1, -0.05) is 6.07 Å². The Hall–Kier alpha value is -3.27. The van der Waals surface area contributed by atoms with Crippen LogP contribution in [0.15, 0.2) is 29.3 Å². The van der Waals surface area contributed by atoms with Gasteiger partial charge >= 0.3 is 6.09 Å². The lowest BCUT2D eigenvalue weighted by Crippen LogP contribution is -2.52. The molecule has 3 rings (SSSR count). The highest BCUT2D eigenvalue weighted by atomic mass is 32.1. The van der Waals surface area contributed by atoms with E-state index in [4.69, 9.17) is 17.0 Å². The van der Waals surface area contributed by atoms with Crippen molar-refractivity contribution in [3.63, 3.8) is 0 Å². The van der Waals surface area contributed by atoms with Gasteiger partial charge in [0.1, 0.15) is 0 Å². The first-order valence-electron chi connectivity index (χ1n) is 11.0. The molecule has 1 aliphatic heterocycles. The Morgan fingerprint density at radius 3 is 2.24 bits per heavy atom. The molecule has 0 radical (unpaired) electrons. The van der Waals surface area contributed by atoms with Crippen molar-refractivity contribution in [1.82, 2.24) is 19.8 Å². The van der Waals surface area contributed by atoms with Crippen molar-refractivity contribution in [2.75, 3.05) is 43.4 Å². The number of aliphatic imine (C=N–C) groups is 1. The SMILES string of the molecule is CCOC(=O)N1CCN(/C(=N\C(=S)Nc2ccc(C)c(C)c2)Nc2nc(C)cc(C)n2)CC1. The van der Waals surface area contributed by atoms with E-state index in [1.165, 1.54) is 11.1 Å². The van der Waals surface area contributed by atoms with E-state index in [0.717, 1.165) is 17.1 Å². The highest BCUT2D eigenvalue weighted by molar-refractivity contribution is 7.80. The van der Waals surface area contributed by atoms with Crippen LogP contribution >= 0.6 is 12.2 Å². The molecule has 1 amide bonds. The lowest BCUT2D eigenvalue weighted by Gasteiger charge is -2.35. The van der Waals surface area contributed by atoms with Gasteiger partial charge in [-0.15, -0.1) is 0 Å². The second kappa shape index (κ2) is 11.0. The molecule has 9 nitrogen and oxygen atoms in total. The molecule has 1 aromatic heterocycles. The highest BCUT2D eigenvalue weighted by Gasteiger charge is 2.25. The summed E-state index contributed by atoms with van der Waals surface area (Å²) in [5, 5.41) is 6.73. The summed E-state index contributed by atoms with van der Waals surface area (Å²) in [5.41, 5.74) is 4.97. The Kier molecular flexibility index (Phi) is 8.16. The standard InChI is InChI=1S/C23H31N7O2S/c1-6-32-23(31)30-11-9-29(10-12-30)21(27-20-24-17(4)14-18(5)25-20)28-22(33)26-19-8-7-15(2)16(3)13-19/h7-8,13-14H,6,9-12H2,1-5H3,(H2,24,25,26,27,28,33). The van der Waals surface area contributed by atoms with Crippen LogP contribution in [-0.2, 0) is 4.74 Å². The first-order valence-corrected chi connectivity index (χ1v) is 11.4. The largest absolute Gasteiger partial charge is 0.450 e. The Labute approximate surface area is 200 Å². The Morgan fingerprint density at radius 2 is 1.64 bits per heavy atom. The van der Waals surface area contributed by atoms with Crippen molar-refractivity contribution >= 4 is 41.0 Å². The molecular weight excluding hydrogens is 438 g/mol. The number of hydrogen-bond acceptors (Lipinski definition) is 5. The van der Waals surface area contributed by atoms with E-state index < -0.39 is 0 Å². The van der Waals surface area contributed by atoms with E-state index in [1.807, 2.05) is 43.0 Å².